The minimum atomic E-state index is -0.249. The maximum Gasteiger partial charge on any atom is 0.122 e. The molecule has 0 spiro atoms. The second-order valence-electron chi connectivity index (χ2n) is 5.70. The second-order valence-corrected chi connectivity index (χ2v) is 5.70. The number of nitrogens with two attached hydrogens (primary N) is 1. The number of ether oxygens (including phenoxy) is 1. The van der Waals surface area contributed by atoms with E-state index in [-0.39, 0.29) is 5.54 Å². The Bertz CT molecular complexity index is 622. The summed E-state index contributed by atoms with van der Waals surface area (Å²) in [5, 5.41) is 0. The number of benzene rings is 2. The lowest BCUT2D eigenvalue weighted by atomic mass is 9.87. The van der Waals surface area contributed by atoms with Gasteiger partial charge in [-0.15, -0.1) is 0 Å². The Morgan fingerprint density at radius 1 is 0.947 bits per heavy atom. The lowest BCUT2D eigenvalue weighted by Gasteiger charge is -2.25. The molecule has 1 heterocycles. The van der Waals surface area contributed by atoms with Crippen LogP contribution in [0, 0.1) is 0 Å². The third-order valence-electron chi connectivity index (χ3n) is 4.39. The van der Waals surface area contributed by atoms with Crippen LogP contribution in [-0.2, 0) is 24.8 Å². The smallest absolute Gasteiger partial charge is 0.122 e. The SMILES string of the molecule is NC1(c2ccc3c(c2)CCO3)Cc2ccccc2C1. The zero-order valence-corrected chi connectivity index (χ0v) is 10.9. The fourth-order valence-corrected chi connectivity index (χ4v) is 3.35. The van der Waals surface area contributed by atoms with Crippen LogP contribution in [0.3, 0.4) is 0 Å². The first-order chi connectivity index (χ1) is 9.24. The Hall–Kier alpha value is -1.80. The minimum absolute atomic E-state index is 0.249. The van der Waals surface area contributed by atoms with E-state index >= 15 is 0 Å². The average Bonchev–Trinajstić information content (AvgIpc) is 3.00. The molecule has 0 aromatic heterocycles. The van der Waals surface area contributed by atoms with Crippen molar-refractivity contribution in [2.45, 2.75) is 24.8 Å². The molecule has 0 atom stereocenters. The van der Waals surface area contributed by atoms with Gasteiger partial charge < -0.3 is 10.5 Å². The van der Waals surface area contributed by atoms with Gasteiger partial charge in [-0.25, -0.2) is 0 Å². The van der Waals surface area contributed by atoms with Crippen molar-refractivity contribution in [1.29, 1.82) is 0 Å². The molecule has 2 N–H and O–H groups in total. The number of hydrogen-bond acceptors (Lipinski definition) is 2. The predicted molar refractivity (Wildman–Crippen MR) is 75.4 cm³/mol. The van der Waals surface area contributed by atoms with Crippen LogP contribution < -0.4 is 10.5 Å². The largest absolute Gasteiger partial charge is 0.493 e. The van der Waals surface area contributed by atoms with E-state index in [1.54, 1.807) is 0 Å². The quantitative estimate of drug-likeness (QED) is 0.845. The monoisotopic (exact) mass is 251 g/mol. The summed E-state index contributed by atoms with van der Waals surface area (Å²) in [6.45, 7) is 0.802. The van der Waals surface area contributed by atoms with Crippen molar-refractivity contribution in [2.75, 3.05) is 6.61 Å². The molecule has 0 amide bonds. The summed E-state index contributed by atoms with van der Waals surface area (Å²) in [4.78, 5) is 0. The molecule has 96 valence electrons. The van der Waals surface area contributed by atoms with Crippen molar-refractivity contribution >= 4 is 0 Å². The highest BCUT2D eigenvalue weighted by Crippen LogP contribution is 2.38. The van der Waals surface area contributed by atoms with Crippen LogP contribution >= 0.6 is 0 Å². The van der Waals surface area contributed by atoms with Crippen LogP contribution in [0.1, 0.15) is 22.3 Å². The Morgan fingerprint density at radius 3 is 2.42 bits per heavy atom. The highest BCUT2D eigenvalue weighted by Gasteiger charge is 2.35. The summed E-state index contributed by atoms with van der Waals surface area (Å²) >= 11 is 0. The molecule has 2 aromatic rings. The Kier molecular flexibility index (Phi) is 2.24. The summed E-state index contributed by atoms with van der Waals surface area (Å²) < 4.78 is 5.57. The number of hydrogen-bond donors (Lipinski definition) is 1. The van der Waals surface area contributed by atoms with Gasteiger partial charge in [0.2, 0.25) is 0 Å². The van der Waals surface area contributed by atoms with Crippen LogP contribution in [-0.4, -0.2) is 6.61 Å². The van der Waals surface area contributed by atoms with Gasteiger partial charge in [-0.3, -0.25) is 0 Å². The van der Waals surface area contributed by atoms with Crippen LogP contribution in [0.4, 0.5) is 0 Å². The van der Waals surface area contributed by atoms with E-state index in [4.69, 9.17) is 10.5 Å². The Labute approximate surface area is 113 Å². The summed E-state index contributed by atoms with van der Waals surface area (Å²) in [5.74, 6) is 1.03. The van der Waals surface area contributed by atoms with Crippen molar-refractivity contribution in [3.8, 4) is 5.75 Å². The van der Waals surface area contributed by atoms with Crippen molar-refractivity contribution in [2.24, 2.45) is 5.73 Å². The molecular weight excluding hydrogens is 234 g/mol. The van der Waals surface area contributed by atoms with Crippen LogP contribution in [0.2, 0.25) is 0 Å². The molecule has 2 nitrogen and oxygen atoms in total. The molecule has 2 heteroatoms. The molecule has 1 aliphatic carbocycles. The van der Waals surface area contributed by atoms with Gasteiger partial charge in [-0.1, -0.05) is 36.4 Å². The minimum Gasteiger partial charge on any atom is -0.493 e. The van der Waals surface area contributed by atoms with Gasteiger partial charge >= 0.3 is 0 Å². The number of rotatable bonds is 1. The normalized spacial score (nSPS) is 18.8. The number of fused-ring (bicyclic) bond motifs is 2. The first-order valence-corrected chi connectivity index (χ1v) is 6.86. The first-order valence-electron chi connectivity index (χ1n) is 6.86. The summed E-state index contributed by atoms with van der Waals surface area (Å²) in [7, 11) is 0. The van der Waals surface area contributed by atoms with Gasteiger partial charge in [-0.2, -0.15) is 0 Å². The first kappa shape index (κ1) is 11.1. The molecule has 0 radical (unpaired) electrons. The lowest BCUT2D eigenvalue weighted by molar-refractivity contribution is 0.356. The zero-order chi connectivity index (χ0) is 12.9. The summed E-state index contributed by atoms with van der Waals surface area (Å²) in [6.07, 6.45) is 2.87. The molecule has 1 aliphatic heterocycles. The summed E-state index contributed by atoms with van der Waals surface area (Å²) in [5.41, 5.74) is 11.8. The van der Waals surface area contributed by atoms with Gasteiger partial charge in [0.25, 0.3) is 0 Å². The molecule has 0 unspecified atom stereocenters. The van der Waals surface area contributed by atoms with Gasteiger partial charge in [0.15, 0.2) is 0 Å². The van der Waals surface area contributed by atoms with Crippen molar-refractivity contribution < 1.29 is 4.74 Å². The Balaban J connectivity index is 1.74. The zero-order valence-electron chi connectivity index (χ0n) is 10.9. The molecule has 2 aliphatic rings. The van der Waals surface area contributed by atoms with Crippen molar-refractivity contribution in [1.82, 2.24) is 0 Å². The predicted octanol–water partition coefficient (Wildman–Crippen LogP) is 2.57. The van der Waals surface area contributed by atoms with E-state index in [0.29, 0.717) is 0 Å². The third kappa shape index (κ3) is 1.67. The van der Waals surface area contributed by atoms with E-state index in [2.05, 4.69) is 42.5 Å². The average molecular weight is 251 g/mol. The fraction of sp³-hybridized carbons (Fsp3) is 0.294. The van der Waals surface area contributed by atoms with Crippen LogP contribution in [0.25, 0.3) is 0 Å². The van der Waals surface area contributed by atoms with E-state index in [1.165, 1.54) is 22.3 Å². The summed E-state index contributed by atoms with van der Waals surface area (Å²) in [6, 6.07) is 15.0. The molecular formula is C17H17NO. The highest BCUT2D eigenvalue weighted by atomic mass is 16.5. The maximum absolute atomic E-state index is 6.68. The van der Waals surface area contributed by atoms with Gasteiger partial charge in [0, 0.05) is 12.0 Å². The molecule has 4 rings (SSSR count). The van der Waals surface area contributed by atoms with Gasteiger partial charge in [-0.05, 0) is 41.2 Å². The highest BCUT2D eigenvalue weighted by molar-refractivity contribution is 5.46. The third-order valence-corrected chi connectivity index (χ3v) is 4.39. The molecule has 0 fully saturated rings. The van der Waals surface area contributed by atoms with Crippen molar-refractivity contribution in [3.05, 3.63) is 64.7 Å². The van der Waals surface area contributed by atoms with E-state index in [0.717, 1.165) is 31.6 Å². The fourth-order valence-electron chi connectivity index (χ4n) is 3.35. The topological polar surface area (TPSA) is 35.2 Å². The molecule has 2 aromatic carbocycles. The Morgan fingerprint density at radius 2 is 1.68 bits per heavy atom. The van der Waals surface area contributed by atoms with Gasteiger partial charge in [0.1, 0.15) is 5.75 Å². The molecule has 0 saturated carbocycles. The van der Waals surface area contributed by atoms with Gasteiger partial charge in [0.05, 0.1) is 6.61 Å². The van der Waals surface area contributed by atoms with E-state index < -0.39 is 0 Å². The molecule has 19 heavy (non-hydrogen) atoms. The molecule has 0 bridgehead atoms. The molecule has 0 saturated heterocycles. The van der Waals surface area contributed by atoms with Crippen molar-refractivity contribution in [3.63, 3.8) is 0 Å². The standard InChI is InChI=1S/C17H17NO/c18-17(10-13-3-1-2-4-14(13)11-17)15-5-6-16-12(9-15)7-8-19-16/h1-6,9H,7-8,10-11,18H2. The van der Waals surface area contributed by atoms with E-state index in [9.17, 15) is 0 Å². The maximum atomic E-state index is 6.68. The second kappa shape index (κ2) is 3.84. The lowest BCUT2D eigenvalue weighted by Crippen LogP contribution is -2.37. The van der Waals surface area contributed by atoms with E-state index in [1.807, 2.05) is 0 Å². The van der Waals surface area contributed by atoms with Crippen LogP contribution in [0.15, 0.2) is 42.5 Å². The van der Waals surface area contributed by atoms with Crippen LogP contribution in [0.5, 0.6) is 5.75 Å².